The third-order valence-corrected chi connectivity index (χ3v) is 4.96. The minimum atomic E-state index is -0.256. The largest absolute Gasteiger partial charge is 0.305 e. The van der Waals surface area contributed by atoms with Crippen molar-refractivity contribution in [1.29, 1.82) is 0 Å². The van der Waals surface area contributed by atoms with Crippen LogP contribution in [0.3, 0.4) is 0 Å². The standard InChI is InChI=1S/C15H9ClN2OS2/c1-2-7-18-11-6-5-10(16)9-13(11)21-15(18)17-14(19)12-4-3-8-20-12/h1,3-6,8-9H,7H2. The summed E-state index contributed by atoms with van der Waals surface area (Å²) in [6.07, 6.45) is 5.42. The van der Waals surface area contributed by atoms with Crippen molar-refractivity contribution in [3.05, 3.63) is 50.4 Å². The lowest BCUT2D eigenvalue weighted by molar-refractivity contribution is 0.100. The fourth-order valence-corrected chi connectivity index (χ4v) is 3.83. The van der Waals surface area contributed by atoms with Crippen LogP contribution in [0.25, 0.3) is 10.2 Å². The Morgan fingerprint density at radius 1 is 1.43 bits per heavy atom. The van der Waals surface area contributed by atoms with Gasteiger partial charge in [-0.1, -0.05) is 34.9 Å². The molecule has 0 atom stereocenters. The zero-order valence-electron chi connectivity index (χ0n) is 10.7. The molecule has 0 spiro atoms. The van der Waals surface area contributed by atoms with Crippen LogP contribution in [0.2, 0.25) is 5.02 Å². The highest BCUT2D eigenvalue weighted by Gasteiger charge is 2.09. The van der Waals surface area contributed by atoms with Crippen molar-refractivity contribution in [2.45, 2.75) is 6.54 Å². The maximum absolute atomic E-state index is 12.1. The molecule has 0 saturated heterocycles. The number of hydrogen-bond donors (Lipinski definition) is 0. The number of hydrogen-bond acceptors (Lipinski definition) is 3. The molecule has 1 aromatic carbocycles. The first-order valence-electron chi connectivity index (χ1n) is 6.04. The number of halogens is 1. The van der Waals surface area contributed by atoms with Gasteiger partial charge in [0.2, 0.25) is 0 Å². The quantitative estimate of drug-likeness (QED) is 0.657. The van der Waals surface area contributed by atoms with Gasteiger partial charge in [0.25, 0.3) is 5.91 Å². The average Bonchev–Trinajstić information content (AvgIpc) is 3.08. The Bertz CT molecular complexity index is 913. The molecule has 0 aliphatic heterocycles. The number of rotatable bonds is 2. The normalized spacial score (nSPS) is 11.7. The molecular weight excluding hydrogens is 324 g/mol. The molecule has 3 rings (SSSR count). The van der Waals surface area contributed by atoms with Gasteiger partial charge in [-0.25, -0.2) is 0 Å². The van der Waals surface area contributed by atoms with E-state index < -0.39 is 0 Å². The fraction of sp³-hybridized carbons (Fsp3) is 0.0667. The molecule has 104 valence electrons. The van der Waals surface area contributed by atoms with Crippen molar-refractivity contribution in [3.63, 3.8) is 0 Å². The van der Waals surface area contributed by atoms with Gasteiger partial charge < -0.3 is 4.57 Å². The maximum atomic E-state index is 12.1. The van der Waals surface area contributed by atoms with Crippen LogP contribution < -0.4 is 4.80 Å². The number of fused-ring (bicyclic) bond motifs is 1. The second-order valence-electron chi connectivity index (χ2n) is 4.18. The summed E-state index contributed by atoms with van der Waals surface area (Å²) in [5.41, 5.74) is 0.931. The number of terminal acetylenes is 1. The van der Waals surface area contributed by atoms with Crippen molar-refractivity contribution in [2.24, 2.45) is 4.99 Å². The number of thiazole rings is 1. The van der Waals surface area contributed by atoms with E-state index in [1.807, 2.05) is 28.1 Å². The number of carbonyl (C=O) groups is 1. The first-order valence-corrected chi connectivity index (χ1v) is 8.11. The van der Waals surface area contributed by atoms with Gasteiger partial charge in [-0.2, -0.15) is 4.99 Å². The average molecular weight is 333 g/mol. The number of thiophene rings is 1. The Morgan fingerprint density at radius 2 is 2.29 bits per heavy atom. The van der Waals surface area contributed by atoms with E-state index in [4.69, 9.17) is 18.0 Å². The summed E-state index contributed by atoms with van der Waals surface area (Å²) in [5.74, 6) is 2.34. The van der Waals surface area contributed by atoms with Crippen molar-refractivity contribution < 1.29 is 4.79 Å². The molecule has 0 saturated carbocycles. The van der Waals surface area contributed by atoms with Crippen molar-refractivity contribution in [2.75, 3.05) is 0 Å². The molecule has 0 radical (unpaired) electrons. The Morgan fingerprint density at radius 3 is 3.00 bits per heavy atom. The molecule has 0 unspecified atom stereocenters. The lowest BCUT2D eigenvalue weighted by atomic mass is 10.3. The summed E-state index contributed by atoms with van der Waals surface area (Å²) in [5, 5.41) is 2.50. The minimum absolute atomic E-state index is 0.256. The smallest absolute Gasteiger partial charge is 0.289 e. The molecule has 0 aliphatic carbocycles. The van der Waals surface area contributed by atoms with Crippen LogP contribution in [-0.2, 0) is 6.54 Å². The van der Waals surface area contributed by atoms with Crippen LogP contribution >= 0.6 is 34.3 Å². The van der Waals surface area contributed by atoms with Crippen LogP contribution in [-0.4, -0.2) is 10.5 Å². The summed E-state index contributed by atoms with van der Waals surface area (Å²) in [6, 6.07) is 9.12. The van der Waals surface area contributed by atoms with Crippen molar-refractivity contribution >= 4 is 50.4 Å². The highest BCUT2D eigenvalue weighted by Crippen LogP contribution is 2.22. The van der Waals surface area contributed by atoms with Crippen LogP contribution in [0.4, 0.5) is 0 Å². The van der Waals surface area contributed by atoms with Gasteiger partial charge in [0, 0.05) is 5.02 Å². The summed E-state index contributed by atoms with van der Waals surface area (Å²) in [7, 11) is 0. The third-order valence-electron chi connectivity index (χ3n) is 2.82. The van der Waals surface area contributed by atoms with Crippen LogP contribution in [0, 0.1) is 12.3 Å². The number of amides is 1. The molecule has 21 heavy (non-hydrogen) atoms. The summed E-state index contributed by atoms with van der Waals surface area (Å²) in [6.45, 7) is 0.359. The first kappa shape index (κ1) is 14.1. The zero-order valence-corrected chi connectivity index (χ0v) is 13.1. The molecule has 6 heteroatoms. The van der Waals surface area contributed by atoms with Gasteiger partial charge in [0.05, 0.1) is 21.6 Å². The van der Waals surface area contributed by atoms with Crippen LogP contribution in [0.1, 0.15) is 9.67 Å². The number of carbonyl (C=O) groups excluding carboxylic acids is 1. The molecule has 2 aromatic heterocycles. The van der Waals surface area contributed by atoms with Gasteiger partial charge in [-0.05, 0) is 29.6 Å². The first-order chi connectivity index (χ1) is 10.2. The Hall–Kier alpha value is -1.87. The zero-order chi connectivity index (χ0) is 14.8. The van der Waals surface area contributed by atoms with Crippen LogP contribution in [0.15, 0.2) is 40.7 Å². The number of nitrogens with zero attached hydrogens (tertiary/aromatic N) is 2. The van der Waals surface area contributed by atoms with Gasteiger partial charge in [-0.3, -0.25) is 4.79 Å². The topological polar surface area (TPSA) is 34.4 Å². The van der Waals surface area contributed by atoms with E-state index in [0.717, 1.165) is 10.2 Å². The van der Waals surface area contributed by atoms with E-state index in [1.165, 1.54) is 22.7 Å². The lowest BCUT2D eigenvalue weighted by Crippen LogP contribution is -2.16. The van der Waals surface area contributed by atoms with Crippen LogP contribution in [0.5, 0.6) is 0 Å². The highest BCUT2D eigenvalue weighted by atomic mass is 35.5. The van der Waals surface area contributed by atoms with Gasteiger partial charge in [0.1, 0.15) is 0 Å². The Balaban J connectivity index is 2.19. The SMILES string of the molecule is C#CCn1c(=NC(=O)c2cccs2)sc2cc(Cl)ccc21. The Kier molecular flexibility index (Phi) is 3.93. The molecule has 0 fully saturated rings. The predicted octanol–water partition coefficient (Wildman–Crippen LogP) is 3.79. The summed E-state index contributed by atoms with van der Waals surface area (Å²) in [4.78, 5) is 17.5. The molecule has 0 N–H and O–H groups in total. The molecular formula is C15H9ClN2OS2. The maximum Gasteiger partial charge on any atom is 0.289 e. The number of aromatic nitrogens is 1. The van der Waals surface area contributed by atoms with Gasteiger partial charge >= 0.3 is 0 Å². The summed E-state index contributed by atoms with van der Waals surface area (Å²) < 4.78 is 2.80. The molecule has 0 aliphatic rings. The van der Waals surface area contributed by atoms with E-state index in [1.54, 1.807) is 12.1 Å². The van der Waals surface area contributed by atoms with E-state index in [2.05, 4.69) is 10.9 Å². The molecule has 3 aromatic rings. The molecule has 3 nitrogen and oxygen atoms in total. The molecule has 0 bridgehead atoms. The number of benzene rings is 1. The fourth-order valence-electron chi connectivity index (χ4n) is 1.92. The van der Waals surface area contributed by atoms with E-state index >= 15 is 0 Å². The monoisotopic (exact) mass is 332 g/mol. The van der Waals surface area contributed by atoms with E-state index in [0.29, 0.717) is 21.2 Å². The third kappa shape index (κ3) is 2.79. The van der Waals surface area contributed by atoms with Crippen molar-refractivity contribution in [1.82, 2.24) is 4.57 Å². The molecule has 1 amide bonds. The highest BCUT2D eigenvalue weighted by molar-refractivity contribution is 7.16. The van der Waals surface area contributed by atoms with Gasteiger partial charge in [0.15, 0.2) is 4.80 Å². The molecule has 2 heterocycles. The predicted molar refractivity (Wildman–Crippen MR) is 87.9 cm³/mol. The van der Waals surface area contributed by atoms with Crippen molar-refractivity contribution in [3.8, 4) is 12.3 Å². The van der Waals surface area contributed by atoms with E-state index in [-0.39, 0.29) is 5.91 Å². The van der Waals surface area contributed by atoms with Gasteiger partial charge in [-0.15, -0.1) is 17.8 Å². The second kappa shape index (κ2) is 5.86. The van der Waals surface area contributed by atoms with E-state index in [9.17, 15) is 4.79 Å². The minimum Gasteiger partial charge on any atom is -0.305 e. The Labute approximate surface area is 134 Å². The summed E-state index contributed by atoms with van der Waals surface area (Å²) >= 11 is 8.78. The lowest BCUT2D eigenvalue weighted by Gasteiger charge is -1.99. The second-order valence-corrected chi connectivity index (χ2v) is 6.57.